The number of carbonyl (C=O) groups is 1. The summed E-state index contributed by atoms with van der Waals surface area (Å²) >= 11 is 0. The molecule has 1 rings (SSSR count). The van der Waals surface area contributed by atoms with Gasteiger partial charge in [0.2, 0.25) is 0 Å². The smallest absolute Gasteiger partial charge is 0.395 e. The zero-order chi connectivity index (χ0) is 25.9. The Morgan fingerprint density at radius 3 is 1.67 bits per heavy atom. The van der Waals surface area contributed by atoms with Crippen molar-refractivity contribution >= 4 is 26.2 Å². The molecule has 0 heterocycles. The molecular weight excluding hydrogens is 523 g/mol. The average molecular weight is 540 g/mol. The molecule has 0 radical (unpaired) electrons. The van der Waals surface area contributed by atoms with Crippen LogP contribution in [0.15, 0.2) is 30.3 Å². The van der Waals surface area contributed by atoms with E-state index in [1.807, 2.05) is 0 Å². The Kier molecular flexibility index (Phi) is 8.90. The van der Waals surface area contributed by atoms with E-state index in [2.05, 4.69) is 3.63 Å². The van der Waals surface area contributed by atoms with Crippen molar-refractivity contribution in [2.24, 2.45) is 0 Å². The van der Waals surface area contributed by atoms with Crippen LogP contribution in [0.2, 0.25) is 0 Å². The van der Waals surface area contributed by atoms with Gasteiger partial charge in [-0.05, 0) is 0 Å². The summed E-state index contributed by atoms with van der Waals surface area (Å²) in [6, 6.07) is 6.45. The van der Waals surface area contributed by atoms with Gasteiger partial charge in [0.25, 0.3) is 0 Å². The first-order valence-corrected chi connectivity index (χ1v) is 12.0. The molecule has 6 nitrogen and oxygen atoms in total. The van der Waals surface area contributed by atoms with Gasteiger partial charge in [0.1, 0.15) is 0 Å². The summed E-state index contributed by atoms with van der Waals surface area (Å²) < 4.78 is 146. The quantitative estimate of drug-likeness (QED) is 0.312. The third-order valence-corrected chi connectivity index (χ3v) is 9.48. The lowest BCUT2D eigenvalue weighted by Crippen LogP contribution is -2.63. The fourth-order valence-corrected chi connectivity index (χ4v) is 7.21. The van der Waals surface area contributed by atoms with Crippen molar-refractivity contribution in [2.75, 3.05) is 30.5 Å². The Hall–Kier alpha value is -1.56. The molecule has 0 aromatic heterocycles. The van der Waals surface area contributed by atoms with Gasteiger partial charge < -0.3 is 10.2 Å². The maximum atomic E-state index is 14.0. The molecule has 0 amide bonds. The Morgan fingerprint density at radius 1 is 0.818 bits per heavy atom. The topological polar surface area (TPSA) is 101 Å². The van der Waals surface area contributed by atoms with Crippen molar-refractivity contribution in [1.29, 1.82) is 0 Å². The molecule has 192 valence electrons. The van der Waals surface area contributed by atoms with E-state index in [0.29, 0.717) is 0 Å². The van der Waals surface area contributed by atoms with Crippen LogP contribution in [0, 0.1) is 0 Å². The highest BCUT2D eigenvalue weighted by molar-refractivity contribution is 8.33. The zero-order valence-electron chi connectivity index (χ0n) is 16.2. The summed E-state index contributed by atoms with van der Waals surface area (Å²) in [5.41, 5.74) is -0.160. The number of Topliss-reactive ketones (excluding diaryl/α,β-unsaturated/α-hetero) is 1. The van der Waals surface area contributed by atoms with Crippen molar-refractivity contribution < 1.29 is 66.6 Å². The number of rotatable bonds is 12. The molecule has 0 bridgehead atoms. The van der Waals surface area contributed by atoms with E-state index in [1.165, 1.54) is 30.3 Å². The molecule has 0 fully saturated rings. The lowest BCUT2D eigenvalue weighted by atomic mass is 10.1. The third kappa shape index (κ3) is 5.75. The number of benzene rings is 1. The largest absolute Gasteiger partial charge is 0.460 e. The minimum absolute atomic E-state index is 0.160. The predicted octanol–water partition coefficient (Wildman–Crippen LogP) is 3.35. The second-order valence-corrected chi connectivity index (χ2v) is 11.4. The van der Waals surface area contributed by atoms with Crippen molar-refractivity contribution in [3.63, 3.8) is 0 Å². The van der Waals surface area contributed by atoms with Crippen LogP contribution in [-0.2, 0) is 13.7 Å². The maximum Gasteiger partial charge on any atom is 0.460 e. The van der Waals surface area contributed by atoms with Crippen LogP contribution < -0.4 is 0 Å². The number of hydrogen-bond donors (Lipinski definition) is 2. The molecule has 2 N–H and O–H groups in total. The minimum Gasteiger partial charge on any atom is -0.395 e. The van der Waals surface area contributed by atoms with E-state index in [0.717, 1.165) is 0 Å². The van der Waals surface area contributed by atoms with E-state index in [-0.39, 0.29) is 5.56 Å². The number of aliphatic hydroxyl groups is 2. The Morgan fingerprint density at radius 2 is 1.27 bits per heavy atom. The van der Waals surface area contributed by atoms with Crippen LogP contribution in [0.4, 0.5) is 39.5 Å². The number of aliphatic hydroxyl groups excluding tert-OH is 2. The predicted molar refractivity (Wildman–Crippen MR) is 98.0 cm³/mol. The van der Waals surface area contributed by atoms with Crippen molar-refractivity contribution in [3.8, 4) is 0 Å². The van der Waals surface area contributed by atoms with Gasteiger partial charge in [0.15, 0.2) is 5.78 Å². The SMILES string of the molecule is O=C(CS(CCO)(CCO)OS(=O)(=O)C(F)(F)C(F)(F)C(F)(F)C(F)(F)F)c1ccccc1. The van der Waals surface area contributed by atoms with Gasteiger partial charge in [-0.1, -0.05) is 30.3 Å². The summed E-state index contributed by atoms with van der Waals surface area (Å²) in [6.07, 6.45) is -7.27. The molecule has 1 aromatic carbocycles. The van der Waals surface area contributed by atoms with Crippen molar-refractivity contribution in [3.05, 3.63) is 35.9 Å². The van der Waals surface area contributed by atoms with Gasteiger partial charge in [0, 0.05) is 17.1 Å². The van der Waals surface area contributed by atoms with Crippen LogP contribution in [-0.4, -0.2) is 78.2 Å². The van der Waals surface area contributed by atoms with E-state index in [9.17, 15) is 52.7 Å². The Balaban J connectivity index is 3.49. The van der Waals surface area contributed by atoms with E-state index in [4.69, 9.17) is 10.2 Å². The van der Waals surface area contributed by atoms with Crippen LogP contribution in [0.5, 0.6) is 0 Å². The molecule has 0 aliphatic carbocycles. The standard InChI is InChI=1S/C16H17F9O6S2/c17-13(18,15(21,22)23)14(19,20)16(24,25)33(29,30)31-32(8-6-26,9-7-27)10-12(28)11-4-2-1-3-5-11/h1-5,26-27H,6-10H2. The number of alkyl halides is 9. The number of halogens is 9. The number of carbonyl (C=O) groups excluding carboxylic acids is 1. The molecule has 0 unspecified atom stereocenters. The summed E-state index contributed by atoms with van der Waals surface area (Å²) in [6.45, 7) is -2.21. The van der Waals surface area contributed by atoms with E-state index in [1.54, 1.807) is 0 Å². The number of ketones is 1. The molecule has 0 aliphatic heterocycles. The summed E-state index contributed by atoms with van der Waals surface area (Å²) in [5.74, 6) is -19.2. The van der Waals surface area contributed by atoms with Gasteiger partial charge in [-0.2, -0.15) is 47.9 Å². The normalized spacial score (nSPS) is 14.9. The molecular formula is C16H17F9O6S2. The average Bonchev–Trinajstić information content (AvgIpc) is 2.67. The molecule has 0 saturated carbocycles. The molecule has 33 heavy (non-hydrogen) atoms. The Labute approximate surface area is 183 Å². The van der Waals surface area contributed by atoms with Gasteiger partial charge >= 0.3 is 33.4 Å². The van der Waals surface area contributed by atoms with Crippen LogP contribution in [0.3, 0.4) is 0 Å². The van der Waals surface area contributed by atoms with Gasteiger partial charge in [-0.25, -0.2) is 3.63 Å². The van der Waals surface area contributed by atoms with Crippen molar-refractivity contribution in [1.82, 2.24) is 0 Å². The summed E-state index contributed by atoms with van der Waals surface area (Å²) in [5, 5.41) is 11.2. The first-order chi connectivity index (χ1) is 14.8. The molecule has 0 aliphatic rings. The highest BCUT2D eigenvalue weighted by Gasteiger charge is 2.86. The first kappa shape index (κ1) is 29.5. The Bertz CT molecular complexity index is 914. The van der Waals surface area contributed by atoms with Crippen LogP contribution in [0.25, 0.3) is 0 Å². The molecule has 0 saturated heterocycles. The highest BCUT2D eigenvalue weighted by atomic mass is 32.3. The fourth-order valence-electron chi connectivity index (χ4n) is 2.37. The van der Waals surface area contributed by atoms with E-state index >= 15 is 0 Å². The van der Waals surface area contributed by atoms with Crippen LogP contribution in [0.1, 0.15) is 10.4 Å². The molecule has 1 aromatic rings. The molecule has 0 atom stereocenters. The second kappa shape index (κ2) is 9.97. The van der Waals surface area contributed by atoms with Crippen LogP contribution >= 0.6 is 10.3 Å². The van der Waals surface area contributed by atoms with Gasteiger partial charge in [0.05, 0.1) is 19.0 Å². The minimum atomic E-state index is -7.52. The lowest BCUT2D eigenvalue weighted by molar-refractivity contribution is -0.382. The fraction of sp³-hybridized carbons (Fsp3) is 0.562. The summed E-state index contributed by atoms with van der Waals surface area (Å²) in [4.78, 5) is 12.4. The highest BCUT2D eigenvalue weighted by Crippen LogP contribution is 2.58. The summed E-state index contributed by atoms with van der Waals surface area (Å²) in [7, 11) is -11.3. The maximum absolute atomic E-state index is 14.0. The third-order valence-electron chi connectivity index (χ3n) is 4.08. The first-order valence-electron chi connectivity index (χ1n) is 8.54. The monoisotopic (exact) mass is 540 g/mol. The second-order valence-electron chi connectivity index (χ2n) is 6.44. The molecule has 17 heteroatoms. The lowest BCUT2D eigenvalue weighted by Gasteiger charge is -2.39. The number of hydrogen-bond acceptors (Lipinski definition) is 6. The van der Waals surface area contributed by atoms with Crippen molar-refractivity contribution in [2.45, 2.75) is 23.3 Å². The van der Waals surface area contributed by atoms with E-state index < -0.39 is 80.0 Å². The molecule has 0 spiro atoms. The van der Waals surface area contributed by atoms with Gasteiger partial charge in [-0.3, -0.25) is 4.79 Å². The zero-order valence-corrected chi connectivity index (χ0v) is 17.8. The van der Waals surface area contributed by atoms with Gasteiger partial charge in [-0.15, -0.1) is 10.3 Å².